The summed E-state index contributed by atoms with van der Waals surface area (Å²) >= 11 is 0. The minimum Gasteiger partial charge on any atom is -0.455 e. The van der Waals surface area contributed by atoms with Crippen molar-refractivity contribution in [3.05, 3.63) is 12.2 Å². The van der Waals surface area contributed by atoms with Gasteiger partial charge >= 0.3 is 12.1 Å². The molecule has 3 nitrogen and oxygen atoms in total. The molecule has 0 atom stereocenters. The first-order valence-electron chi connectivity index (χ1n) is 9.24. The second-order valence-corrected chi connectivity index (χ2v) is 8.08. The molecule has 0 radical (unpaired) electrons. The van der Waals surface area contributed by atoms with E-state index in [-0.39, 0.29) is 11.8 Å². The zero-order valence-electron chi connectivity index (χ0n) is 14.7. The lowest BCUT2D eigenvalue weighted by Crippen LogP contribution is -2.60. The molecule has 4 fully saturated rings. The van der Waals surface area contributed by atoms with E-state index >= 15 is 0 Å². The van der Waals surface area contributed by atoms with Crippen molar-refractivity contribution in [2.45, 2.75) is 63.1 Å². The molecule has 0 N–H and O–H groups in total. The highest BCUT2D eigenvalue weighted by Gasteiger charge is 2.59. The van der Waals surface area contributed by atoms with Crippen LogP contribution < -0.4 is 0 Å². The van der Waals surface area contributed by atoms with E-state index in [1.165, 1.54) is 6.42 Å². The highest BCUT2D eigenvalue weighted by Crippen LogP contribution is 2.61. The van der Waals surface area contributed by atoms with Crippen LogP contribution in [0.1, 0.15) is 51.4 Å². The van der Waals surface area contributed by atoms with E-state index in [4.69, 9.17) is 9.47 Å². The number of esters is 1. The fraction of sp³-hybridized carbons (Fsp3) is 0.842. The van der Waals surface area contributed by atoms with Crippen LogP contribution >= 0.6 is 0 Å². The van der Waals surface area contributed by atoms with E-state index in [1.807, 2.05) is 0 Å². The lowest BCUT2D eigenvalue weighted by atomic mass is 9.49. The molecule has 0 spiro atoms. The Labute approximate surface area is 146 Å². The van der Waals surface area contributed by atoms with Crippen molar-refractivity contribution < 1.29 is 27.4 Å². The Morgan fingerprint density at radius 1 is 1.08 bits per heavy atom. The van der Waals surface area contributed by atoms with E-state index in [0.717, 1.165) is 38.5 Å². The van der Waals surface area contributed by atoms with E-state index in [1.54, 1.807) is 7.11 Å². The molecule has 0 heterocycles. The van der Waals surface area contributed by atoms with Crippen LogP contribution in [0.2, 0.25) is 0 Å². The zero-order valence-corrected chi connectivity index (χ0v) is 14.7. The quantitative estimate of drug-likeness (QED) is 0.376. The van der Waals surface area contributed by atoms with E-state index in [2.05, 4.69) is 6.58 Å². The number of carbonyl (C=O) groups excluding carboxylic acids is 1. The minimum absolute atomic E-state index is 0.191. The van der Waals surface area contributed by atoms with Gasteiger partial charge in [-0.15, -0.1) is 0 Å². The number of halogens is 3. The summed E-state index contributed by atoms with van der Waals surface area (Å²) in [5.41, 5.74) is -2.13. The summed E-state index contributed by atoms with van der Waals surface area (Å²) in [4.78, 5) is 12.2. The maximum atomic E-state index is 12.9. The van der Waals surface area contributed by atoms with Crippen molar-refractivity contribution in [2.24, 2.45) is 23.7 Å². The largest absolute Gasteiger partial charge is 0.455 e. The van der Waals surface area contributed by atoms with Gasteiger partial charge in [-0.25, -0.2) is 4.79 Å². The van der Waals surface area contributed by atoms with Gasteiger partial charge in [-0.3, -0.25) is 0 Å². The van der Waals surface area contributed by atoms with Crippen LogP contribution in [0.3, 0.4) is 0 Å². The summed E-state index contributed by atoms with van der Waals surface area (Å²) in [5.74, 6) is 0.400. The van der Waals surface area contributed by atoms with E-state index < -0.39 is 23.3 Å². The summed E-state index contributed by atoms with van der Waals surface area (Å²) in [6, 6.07) is 0. The van der Waals surface area contributed by atoms with Crippen molar-refractivity contribution in [2.75, 3.05) is 13.7 Å². The molecular formula is C19H27F3O3. The van der Waals surface area contributed by atoms with Gasteiger partial charge in [-0.1, -0.05) is 6.58 Å². The highest BCUT2D eigenvalue weighted by molar-refractivity contribution is 5.89. The molecule has 25 heavy (non-hydrogen) atoms. The van der Waals surface area contributed by atoms with Gasteiger partial charge in [-0.05, 0) is 75.0 Å². The molecule has 4 rings (SSSR count). The predicted octanol–water partition coefficient (Wildman–Crippen LogP) is 4.66. The first kappa shape index (κ1) is 18.7. The normalized spacial score (nSPS) is 36.5. The number of methoxy groups -OCH3 is 1. The van der Waals surface area contributed by atoms with Crippen molar-refractivity contribution in [1.29, 1.82) is 0 Å². The lowest BCUT2D eigenvalue weighted by Gasteiger charge is -2.60. The predicted molar refractivity (Wildman–Crippen MR) is 86.8 cm³/mol. The van der Waals surface area contributed by atoms with Crippen LogP contribution in [0.25, 0.3) is 0 Å². The van der Waals surface area contributed by atoms with Gasteiger partial charge in [0.15, 0.2) is 0 Å². The van der Waals surface area contributed by atoms with Gasteiger partial charge in [0.25, 0.3) is 0 Å². The molecular weight excluding hydrogens is 333 g/mol. The van der Waals surface area contributed by atoms with Gasteiger partial charge in [0, 0.05) is 13.7 Å². The van der Waals surface area contributed by atoms with Crippen LogP contribution in [0.5, 0.6) is 0 Å². The van der Waals surface area contributed by atoms with Crippen LogP contribution in [0.4, 0.5) is 13.2 Å². The van der Waals surface area contributed by atoms with Crippen LogP contribution in [0, 0.1) is 23.7 Å². The Bertz CT molecular complexity index is 498. The molecule has 0 aromatic heterocycles. The molecule has 0 unspecified atom stereocenters. The number of hydrogen-bond acceptors (Lipinski definition) is 3. The Morgan fingerprint density at radius 3 is 2.12 bits per heavy atom. The first-order chi connectivity index (χ1) is 11.8. The molecule has 4 aliphatic rings. The Morgan fingerprint density at radius 2 is 1.64 bits per heavy atom. The topological polar surface area (TPSA) is 35.5 Å². The van der Waals surface area contributed by atoms with Gasteiger partial charge in [-0.2, -0.15) is 13.2 Å². The third kappa shape index (κ3) is 3.60. The molecule has 4 bridgehead atoms. The number of rotatable bonds is 7. The Hall–Kier alpha value is -1.04. The number of carbonyl (C=O) groups is 1. The second kappa shape index (κ2) is 6.93. The number of ether oxygens (including phenoxy) is 2. The lowest BCUT2D eigenvalue weighted by molar-refractivity contribution is -0.213. The number of alkyl halides is 3. The monoisotopic (exact) mass is 360 g/mol. The number of hydrogen-bond donors (Lipinski definition) is 0. The average Bonchev–Trinajstić information content (AvgIpc) is 2.53. The third-order valence-electron chi connectivity index (χ3n) is 6.56. The summed E-state index contributed by atoms with van der Waals surface area (Å²) in [7, 11) is 1.63. The fourth-order valence-electron chi connectivity index (χ4n) is 5.61. The van der Waals surface area contributed by atoms with E-state index in [0.29, 0.717) is 24.9 Å². The molecule has 0 aromatic rings. The van der Waals surface area contributed by atoms with Crippen LogP contribution in [-0.2, 0) is 14.3 Å². The van der Waals surface area contributed by atoms with E-state index in [9.17, 15) is 18.0 Å². The molecule has 0 saturated heterocycles. The van der Waals surface area contributed by atoms with Gasteiger partial charge < -0.3 is 9.47 Å². The van der Waals surface area contributed by atoms with Crippen molar-refractivity contribution in [3.8, 4) is 0 Å². The highest BCUT2D eigenvalue weighted by atomic mass is 19.4. The molecule has 4 saturated carbocycles. The van der Waals surface area contributed by atoms with Crippen LogP contribution in [0.15, 0.2) is 12.2 Å². The van der Waals surface area contributed by atoms with Gasteiger partial charge in [0.1, 0.15) is 11.2 Å². The summed E-state index contributed by atoms with van der Waals surface area (Å²) in [5, 5.41) is 0. The van der Waals surface area contributed by atoms with Gasteiger partial charge in [0.2, 0.25) is 0 Å². The third-order valence-corrected chi connectivity index (χ3v) is 6.56. The van der Waals surface area contributed by atoms with Crippen molar-refractivity contribution in [3.63, 3.8) is 0 Å². The summed E-state index contributed by atoms with van der Waals surface area (Å²) in [6.45, 7) is 3.54. The number of unbranched alkanes of at least 4 members (excludes halogenated alkanes) is 1. The minimum atomic E-state index is -4.74. The first-order valence-corrected chi connectivity index (χ1v) is 9.24. The standard InChI is InChI=1S/C19H27F3O3/c1-12(19(20,21)22)17(23)25-18(5-3-4-6-24-2)15-8-13-7-14(10-15)11-16(18)9-13/h13-16H,1,3-11H2,2H3. The molecule has 0 amide bonds. The smallest absolute Gasteiger partial charge is 0.422 e. The maximum Gasteiger partial charge on any atom is 0.422 e. The summed E-state index contributed by atoms with van der Waals surface area (Å²) in [6.07, 6.45) is 2.64. The SMILES string of the molecule is C=C(C(=O)OC1(CCCCOC)C2CC3CC(C2)CC1C3)C(F)(F)F. The fourth-order valence-corrected chi connectivity index (χ4v) is 5.61. The molecule has 0 aliphatic heterocycles. The molecule has 0 aromatic carbocycles. The van der Waals surface area contributed by atoms with Crippen molar-refractivity contribution >= 4 is 5.97 Å². The van der Waals surface area contributed by atoms with Crippen molar-refractivity contribution in [1.82, 2.24) is 0 Å². The molecule has 6 heteroatoms. The zero-order chi connectivity index (χ0) is 18.2. The van der Waals surface area contributed by atoms with Gasteiger partial charge in [0.05, 0.1) is 0 Å². The Kier molecular flexibility index (Phi) is 5.20. The maximum absolute atomic E-state index is 12.9. The Balaban J connectivity index is 1.78. The van der Waals surface area contributed by atoms with Crippen LogP contribution in [-0.4, -0.2) is 31.5 Å². The molecule has 4 aliphatic carbocycles. The summed E-state index contributed by atoms with van der Waals surface area (Å²) < 4.78 is 49.4. The second-order valence-electron chi connectivity index (χ2n) is 8.08. The molecule has 142 valence electrons. The average molecular weight is 360 g/mol.